The number of ether oxygens (including phenoxy) is 2. The Morgan fingerprint density at radius 3 is 2.96 bits per heavy atom. The van der Waals surface area contributed by atoms with E-state index in [2.05, 4.69) is 16.0 Å². The highest BCUT2D eigenvalue weighted by atomic mass is 16.5. The first-order valence-electron chi connectivity index (χ1n) is 8.23. The monoisotopic (exact) mass is 314 g/mol. The highest BCUT2D eigenvalue weighted by Gasteiger charge is 2.42. The van der Waals surface area contributed by atoms with Gasteiger partial charge < -0.3 is 14.5 Å². The van der Waals surface area contributed by atoms with E-state index < -0.39 is 0 Å². The van der Waals surface area contributed by atoms with Crippen LogP contribution in [0, 0.1) is 5.92 Å². The van der Waals surface area contributed by atoms with Crippen molar-refractivity contribution in [3.05, 3.63) is 29.5 Å². The number of carbonyl (C=O) groups excluding carboxylic acids is 1. The zero-order chi connectivity index (χ0) is 16.0. The quantitative estimate of drug-likeness (QED) is 0.866. The second-order valence-corrected chi connectivity index (χ2v) is 6.43. The zero-order valence-corrected chi connectivity index (χ0v) is 13.6. The molecule has 0 aliphatic carbocycles. The summed E-state index contributed by atoms with van der Waals surface area (Å²) in [7, 11) is 3.17. The average Bonchev–Trinajstić information content (AvgIpc) is 2.98. The van der Waals surface area contributed by atoms with Crippen molar-refractivity contribution >= 4 is 16.9 Å². The SMILES string of the molecule is COC(=O)[C@@H]1CCCN2CCc3c([nH]c4cc(OC)ccc34)[C@H]12. The molecule has 0 radical (unpaired) electrons. The molecule has 122 valence electrons. The van der Waals surface area contributed by atoms with Gasteiger partial charge >= 0.3 is 5.97 Å². The van der Waals surface area contributed by atoms with Gasteiger partial charge in [-0.05, 0) is 43.5 Å². The summed E-state index contributed by atoms with van der Waals surface area (Å²) in [6.45, 7) is 2.06. The Bertz CT molecular complexity index is 752. The first kappa shape index (κ1) is 14.6. The van der Waals surface area contributed by atoms with E-state index in [1.807, 2.05) is 12.1 Å². The summed E-state index contributed by atoms with van der Waals surface area (Å²) in [4.78, 5) is 18.3. The maximum absolute atomic E-state index is 12.3. The van der Waals surface area contributed by atoms with Gasteiger partial charge in [0, 0.05) is 29.2 Å². The summed E-state index contributed by atoms with van der Waals surface area (Å²) in [6.07, 6.45) is 2.97. The Balaban J connectivity index is 1.83. The van der Waals surface area contributed by atoms with Crippen molar-refractivity contribution in [2.75, 3.05) is 27.3 Å². The molecule has 2 aromatic rings. The molecule has 1 aromatic heterocycles. The van der Waals surface area contributed by atoms with Crippen molar-refractivity contribution in [2.24, 2.45) is 5.92 Å². The van der Waals surface area contributed by atoms with Gasteiger partial charge in [-0.1, -0.05) is 0 Å². The topological polar surface area (TPSA) is 54.6 Å². The lowest BCUT2D eigenvalue weighted by Crippen LogP contribution is -2.45. The molecule has 2 aliphatic rings. The number of methoxy groups -OCH3 is 2. The fourth-order valence-corrected chi connectivity index (χ4v) is 4.26. The third-order valence-electron chi connectivity index (χ3n) is 5.33. The number of piperidine rings is 1. The highest BCUT2D eigenvalue weighted by Crippen LogP contribution is 2.43. The van der Waals surface area contributed by atoms with Crippen LogP contribution in [-0.2, 0) is 16.0 Å². The number of fused-ring (bicyclic) bond motifs is 5. The minimum Gasteiger partial charge on any atom is -0.497 e. The largest absolute Gasteiger partial charge is 0.497 e. The van der Waals surface area contributed by atoms with Crippen molar-refractivity contribution in [3.8, 4) is 5.75 Å². The van der Waals surface area contributed by atoms with Gasteiger partial charge in [0.1, 0.15) is 5.75 Å². The van der Waals surface area contributed by atoms with Crippen LogP contribution in [0.25, 0.3) is 10.9 Å². The molecule has 4 rings (SSSR count). The standard InChI is InChI=1S/C18H22N2O3/c1-22-11-5-6-12-13-7-9-20-8-3-4-14(18(21)23-2)17(20)16(13)19-15(12)10-11/h5-6,10,14,17,19H,3-4,7-9H2,1-2H3/t14-,17+/m1/s1. The molecule has 1 fully saturated rings. The zero-order valence-electron chi connectivity index (χ0n) is 13.6. The maximum Gasteiger partial charge on any atom is 0.310 e. The number of hydrogen-bond donors (Lipinski definition) is 1. The van der Waals surface area contributed by atoms with Crippen LogP contribution < -0.4 is 4.74 Å². The minimum atomic E-state index is -0.0937. The fourth-order valence-electron chi connectivity index (χ4n) is 4.26. The van der Waals surface area contributed by atoms with Gasteiger partial charge in [-0.25, -0.2) is 0 Å². The highest BCUT2D eigenvalue weighted by molar-refractivity contribution is 5.87. The predicted octanol–water partition coefficient (Wildman–Crippen LogP) is 2.66. The van der Waals surface area contributed by atoms with E-state index in [1.54, 1.807) is 7.11 Å². The lowest BCUT2D eigenvalue weighted by Gasteiger charge is -2.42. The smallest absolute Gasteiger partial charge is 0.310 e. The van der Waals surface area contributed by atoms with E-state index in [9.17, 15) is 4.79 Å². The Labute approximate surface area is 135 Å². The summed E-state index contributed by atoms with van der Waals surface area (Å²) >= 11 is 0. The molecule has 23 heavy (non-hydrogen) atoms. The molecule has 0 unspecified atom stereocenters. The number of rotatable bonds is 2. The molecule has 1 saturated heterocycles. The van der Waals surface area contributed by atoms with E-state index in [0.717, 1.165) is 43.6 Å². The molecule has 1 N–H and O–H groups in total. The van der Waals surface area contributed by atoms with Crippen LogP contribution in [0.1, 0.15) is 30.1 Å². The molecule has 0 spiro atoms. The summed E-state index contributed by atoms with van der Waals surface area (Å²) in [6, 6.07) is 6.27. The number of carbonyl (C=O) groups is 1. The molecule has 0 amide bonds. The molecule has 1 aromatic carbocycles. The van der Waals surface area contributed by atoms with E-state index >= 15 is 0 Å². The fraction of sp³-hybridized carbons (Fsp3) is 0.500. The van der Waals surface area contributed by atoms with Crippen LogP contribution in [0.15, 0.2) is 18.2 Å². The van der Waals surface area contributed by atoms with Gasteiger partial charge in [-0.2, -0.15) is 0 Å². The second-order valence-electron chi connectivity index (χ2n) is 6.43. The summed E-state index contributed by atoms with van der Waals surface area (Å²) in [5, 5.41) is 1.25. The number of aromatic nitrogens is 1. The molecule has 0 bridgehead atoms. The van der Waals surface area contributed by atoms with Crippen molar-refractivity contribution in [3.63, 3.8) is 0 Å². The van der Waals surface area contributed by atoms with Gasteiger partial charge in [-0.15, -0.1) is 0 Å². The third-order valence-corrected chi connectivity index (χ3v) is 5.33. The Hall–Kier alpha value is -2.01. The average molecular weight is 314 g/mol. The van der Waals surface area contributed by atoms with Crippen LogP contribution in [0.4, 0.5) is 0 Å². The summed E-state index contributed by atoms with van der Waals surface area (Å²) < 4.78 is 10.4. The lowest BCUT2D eigenvalue weighted by molar-refractivity contribution is -0.150. The number of nitrogens with one attached hydrogen (secondary N) is 1. The van der Waals surface area contributed by atoms with Gasteiger partial charge in [-0.3, -0.25) is 9.69 Å². The number of esters is 1. The van der Waals surface area contributed by atoms with Gasteiger partial charge in [0.2, 0.25) is 0 Å². The third kappa shape index (κ3) is 2.22. The maximum atomic E-state index is 12.3. The van der Waals surface area contributed by atoms with Gasteiger partial charge in [0.05, 0.1) is 26.2 Å². The molecule has 0 saturated carbocycles. The Morgan fingerprint density at radius 2 is 2.17 bits per heavy atom. The van der Waals surface area contributed by atoms with E-state index in [1.165, 1.54) is 23.8 Å². The van der Waals surface area contributed by atoms with Crippen LogP contribution in [0.2, 0.25) is 0 Å². The first-order valence-corrected chi connectivity index (χ1v) is 8.23. The predicted molar refractivity (Wildman–Crippen MR) is 87.6 cm³/mol. The molecule has 5 heteroatoms. The molecule has 2 aliphatic heterocycles. The normalized spacial score (nSPS) is 24.1. The van der Waals surface area contributed by atoms with Crippen molar-refractivity contribution in [1.29, 1.82) is 0 Å². The van der Waals surface area contributed by atoms with Crippen LogP contribution in [0.3, 0.4) is 0 Å². The summed E-state index contributed by atoms with van der Waals surface area (Å²) in [5.74, 6) is 0.674. The molecule has 2 atom stereocenters. The van der Waals surface area contributed by atoms with Crippen LogP contribution in [-0.4, -0.2) is 43.2 Å². The van der Waals surface area contributed by atoms with Gasteiger partial charge in [0.15, 0.2) is 0 Å². The summed E-state index contributed by atoms with van der Waals surface area (Å²) in [5.41, 5.74) is 3.62. The Morgan fingerprint density at radius 1 is 1.30 bits per heavy atom. The van der Waals surface area contributed by atoms with E-state index in [-0.39, 0.29) is 17.9 Å². The van der Waals surface area contributed by atoms with Crippen molar-refractivity contribution < 1.29 is 14.3 Å². The number of benzene rings is 1. The molecular weight excluding hydrogens is 292 g/mol. The second kappa shape index (κ2) is 5.57. The first-order chi connectivity index (χ1) is 11.2. The van der Waals surface area contributed by atoms with Crippen LogP contribution >= 0.6 is 0 Å². The van der Waals surface area contributed by atoms with Gasteiger partial charge in [0.25, 0.3) is 0 Å². The van der Waals surface area contributed by atoms with Crippen molar-refractivity contribution in [1.82, 2.24) is 9.88 Å². The number of aromatic amines is 1. The number of H-pyrrole nitrogens is 1. The molecule has 5 nitrogen and oxygen atoms in total. The number of nitrogens with zero attached hydrogens (tertiary/aromatic N) is 1. The van der Waals surface area contributed by atoms with E-state index in [4.69, 9.17) is 9.47 Å². The number of hydrogen-bond acceptors (Lipinski definition) is 4. The molecule has 3 heterocycles. The Kier molecular flexibility index (Phi) is 3.53. The van der Waals surface area contributed by atoms with Crippen LogP contribution in [0.5, 0.6) is 5.75 Å². The van der Waals surface area contributed by atoms with E-state index in [0.29, 0.717) is 0 Å². The van der Waals surface area contributed by atoms with Crippen molar-refractivity contribution in [2.45, 2.75) is 25.3 Å². The lowest BCUT2D eigenvalue weighted by atomic mass is 9.82. The minimum absolute atomic E-state index is 0.0808. The molecular formula is C18H22N2O3.